The first kappa shape index (κ1) is 21.8. The first-order valence-corrected chi connectivity index (χ1v) is 11.2. The van der Waals surface area contributed by atoms with Crippen molar-refractivity contribution >= 4 is 33.4 Å². The smallest absolute Gasteiger partial charge is 0.224 e. The van der Waals surface area contributed by atoms with E-state index < -0.39 is 0 Å². The molecule has 0 aliphatic rings. The minimum absolute atomic E-state index is 0.148. The van der Waals surface area contributed by atoms with Crippen LogP contribution >= 0.6 is 11.3 Å². The predicted octanol–water partition coefficient (Wildman–Crippen LogP) is 3.87. The molecule has 0 atom stereocenters. The molecule has 1 amide bonds. The molecule has 160 valence electrons. The van der Waals surface area contributed by atoms with Gasteiger partial charge in [-0.3, -0.25) is 4.79 Å². The van der Waals surface area contributed by atoms with E-state index in [2.05, 4.69) is 26.7 Å². The number of aliphatic imine (C=N–C) groups is 1. The number of carbonyl (C=O) groups excluding carboxylic acids is 1. The highest BCUT2D eigenvalue weighted by molar-refractivity contribution is 7.21. The molecule has 0 saturated carbocycles. The molecule has 0 saturated heterocycles. The lowest BCUT2D eigenvalue weighted by molar-refractivity contribution is -0.130. The number of thiazole rings is 1. The van der Waals surface area contributed by atoms with Gasteiger partial charge >= 0.3 is 0 Å². The fourth-order valence-electron chi connectivity index (χ4n) is 3.08. The largest absolute Gasteiger partial charge is 0.457 e. The predicted molar refractivity (Wildman–Crippen MR) is 123 cm³/mol. The Morgan fingerprint density at radius 1 is 1.13 bits per heavy atom. The van der Waals surface area contributed by atoms with Crippen LogP contribution in [0.1, 0.15) is 33.0 Å². The monoisotopic (exact) mass is 427 g/mol. The molecule has 7 nitrogen and oxygen atoms in total. The van der Waals surface area contributed by atoms with Crippen molar-refractivity contribution in [1.29, 1.82) is 0 Å². The summed E-state index contributed by atoms with van der Waals surface area (Å²) >= 11 is 1.61. The Morgan fingerprint density at radius 2 is 1.93 bits per heavy atom. The van der Waals surface area contributed by atoms with Crippen molar-refractivity contribution < 1.29 is 9.21 Å². The van der Waals surface area contributed by atoms with Crippen LogP contribution in [0.5, 0.6) is 0 Å². The number of aromatic nitrogens is 1. The topological polar surface area (TPSA) is 82.8 Å². The Morgan fingerprint density at radius 3 is 2.67 bits per heavy atom. The van der Waals surface area contributed by atoms with Gasteiger partial charge in [0.25, 0.3) is 0 Å². The molecule has 3 rings (SSSR count). The van der Waals surface area contributed by atoms with E-state index in [4.69, 9.17) is 4.42 Å². The minimum atomic E-state index is 0.148. The number of carbonyl (C=O) groups is 1. The van der Waals surface area contributed by atoms with Crippen molar-refractivity contribution in [3.05, 3.63) is 42.2 Å². The van der Waals surface area contributed by atoms with Crippen molar-refractivity contribution in [2.24, 2.45) is 4.99 Å². The number of guanidine groups is 1. The fourth-order valence-corrected chi connectivity index (χ4v) is 4.00. The Bertz CT molecular complexity index is 957. The summed E-state index contributed by atoms with van der Waals surface area (Å²) in [7, 11) is 0. The van der Waals surface area contributed by atoms with Gasteiger partial charge in [-0.25, -0.2) is 9.98 Å². The van der Waals surface area contributed by atoms with E-state index in [-0.39, 0.29) is 5.91 Å². The van der Waals surface area contributed by atoms with Crippen molar-refractivity contribution in [1.82, 2.24) is 20.5 Å². The fraction of sp³-hybridized carbons (Fsp3) is 0.409. The van der Waals surface area contributed by atoms with Crippen molar-refractivity contribution in [3.8, 4) is 10.8 Å². The van der Waals surface area contributed by atoms with Gasteiger partial charge in [-0.15, -0.1) is 11.3 Å². The molecule has 2 heterocycles. The van der Waals surface area contributed by atoms with Crippen LogP contribution < -0.4 is 10.6 Å². The van der Waals surface area contributed by atoms with Crippen LogP contribution in [-0.4, -0.2) is 47.9 Å². The van der Waals surface area contributed by atoms with Gasteiger partial charge in [-0.05, 0) is 45.0 Å². The summed E-state index contributed by atoms with van der Waals surface area (Å²) in [4.78, 5) is 23.2. The first-order chi connectivity index (χ1) is 14.6. The van der Waals surface area contributed by atoms with Gasteiger partial charge in [-0.1, -0.05) is 12.1 Å². The van der Waals surface area contributed by atoms with E-state index >= 15 is 0 Å². The van der Waals surface area contributed by atoms with E-state index in [1.165, 1.54) is 0 Å². The average molecular weight is 428 g/mol. The minimum Gasteiger partial charge on any atom is -0.457 e. The maximum atomic E-state index is 12.1. The number of nitrogens with one attached hydrogen (secondary N) is 2. The molecular formula is C22H29N5O2S. The Balaban J connectivity index is 1.59. The van der Waals surface area contributed by atoms with Crippen LogP contribution in [0.3, 0.4) is 0 Å². The van der Waals surface area contributed by atoms with Crippen LogP contribution in [0.25, 0.3) is 21.0 Å². The lowest BCUT2D eigenvalue weighted by Gasteiger charge is -2.19. The summed E-state index contributed by atoms with van der Waals surface area (Å²) in [5.41, 5.74) is 0.978. The van der Waals surface area contributed by atoms with Gasteiger partial charge in [0.05, 0.1) is 10.2 Å². The summed E-state index contributed by atoms with van der Waals surface area (Å²) in [5, 5.41) is 7.29. The molecule has 3 aromatic rings. The van der Waals surface area contributed by atoms with E-state index in [1.807, 2.05) is 56.0 Å². The second-order valence-corrected chi connectivity index (χ2v) is 7.72. The summed E-state index contributed by atoms with van der Waals surface area (Å²) < 4.78 is 7.10. The van der Waals surface area contributed by atoms with Crippen LogP contribution in [0.2, 0.25) is 0 Å². The summed E-state index contributed by atoms with van der Waals surface area (Å²) in [6, 6.07) is 11.9. The number of hydrogen-bond acceptors (Lipinski definition) is 5. The molecule has 0 fully saturated rings. The van der Waals surface area contributed by atoms with E-state index in [1.54, 1.807) is 11.3 Å². The lowest BCUT2D eigenvalue weighted by Crippen LogP contribution is -2.40. The van der Waals surface area contributed by atoms with Crippen LogP contribution in [-0.2, 0) is 11.3 Å². The maximum Gasteiger partial charge on any atom is 0.224 e. The van der Waals surface area contributed by atoms with Crippen molar-refractivity contribution in [3.63, 3.8) is 0 Å². The van der Waals surface area contributed by atoms with Gasteiger partial charge in [-0.2, -0.15) is 0 Å². The highest BCUT2D eigenvalue weighted by Crippen LogP contribution is 2.31. The van der Waals surface area contributed by atoms with Gasteiger partial charge < -0.3 is 20.0 Å². The molecule has 8 heteroatoms. The summed E-state index contributed by atoms with van der Waals surface area (Å²) in [6.45, 7) is 9.15. The van der Waals surface area contributed by atoms with Gasteiger partial charge in [0.2, 0.25) is 5.91 Å². The number of amides is 1. The summed E-state index contributed by atoms with van der Waals surface area (Å²) in [5.74, 6) is 2.34. The Kier molecular flexibility index (Phi) is 7.84. The average Bonchev–Trinajstić information content (AvgIpc) is 3.39. The lowest BCUT2D eigenvalue weighted by atomic mass is 10.3. The number of para-hydroxylation sites is 1. The Hall–Kier alpha value is -2.87. The highest BCUT2D eigenvalue weighted by atomic mass is 32.1. The third-order valence-electron chi connectivity index (χ3n) is 4.65. The molecule has 0 aliphatic heterocycles. The molecule has 0 unspecified atom stereocenters. The second-order valence-electron chi connectivity index (χ2n) is 6.69. The maximum absolute atomic E-state index is 12.1. The molecule has 0 spiro atoms. The zero-order valence-electron chi connectivity index (χ0n) is 17.8. The molecule has 0 radical (unpaired) electrons. The standard InChI is InChI=1S/C22H29N5O2S/c1-4-23-22(24-14-13-20(28)27(5-2)6-3)25-15-16-11-12-18(29-16)21-26-17-9-7-8-10-19(17)30-21/h7-12H,4-6,13-15H2,1-3H3,(H2,23,24,25). The Labute approximate surface area is 181 Å². The third-order valence-corrected chi connectivity index (χ3v) is 5.70. The number of benzene rings is 1. The summed E-state index contributed by atoms with van der Waals surface area (Å²) in [6.07, 6.45) is 0.439. The van der Waals surface area contributed by atoms with Gasteiger partial charge in [0, 0.05) is 32.6 Å². The molecule has 1 aromatic carbocycles. The molecule has 0 aliphatic carbocycles. The van der Waals surface area contributed by atoms with E-state index in [0.29, 0.717) is 25.5 Å². The van der Waals surface area contributed by atoms with Gasteiger partial charge in [0.1, 0.15) is 12.3 Å². The normalized spacial score (nSPS) is 11.6. The quantitative estimate of drug-likeness (QED) is 0.400. The van der Waals surface area contributed by atoms with Crippen LogP contribution in [0, 0.1) is 0 Å². The molecule has 2 N–H and O–H groups in total. The molecule has 0 bridgehead atoms. The van der Waals surface area contributed by atoms with Crippen LogP contribution in [0.4, 0.5) is 0 Å². The highest BCUT2D eigenvalue weighted by Gasteiger charge is 2.11. The van der Waals surface area contributed by atoms with E-state index in [9.17, 15) is 4.79 Å². The molecule has 30 heavy (non-hydrogen) atoms. The zero-order valence-corrected chi connectivity index (χ0v) is 18.6. The van der Waals surface area contributed by atoms with Gasteiger partial charge in [0.15, 0.2) is 16.7 Å². The van der Waals surface area contributed by atoms with Crippen molar-refractivity contribution in [2.45, 2.75) is 33.7 Å². The third kappa shape index (κ3) is 5.60. The van der Waals surface area contributed by atoms with Crippen LogP contribution in [0.15, 0.2) is 45.8 Å². The first-order valence-electron chi connectivity index (χ1n) is 10.4. The second kappa shape index (κ2) is 10.8. The zero-order chi connectivity index (χ0) is 21.3. The molecule has 2 aromatic heterocycles. The number of rotatable bonds is 9. The number of nitrogens with zero attached hydrogens (tertiary/aromatic N) is 3. The molecular weight excluding hydrogens is 398 g/mol. The number of hydrogen-bond donors (Lipinski definition) is 2. The number of furan rings is 1. The SMILES string of the molecule is CCNC(=NCc1ccc(-c2nc3ccccc3s2)o1)NCCC(=O)N(CC)CC. The van der Waals surface area contributed by atoms with E-state index in [0.717, 1.165) is 46.4 Å². The number of fused-ring (bicyclic) bond motifs is 1. The van der Waals surface area contributed by atoms with Crippen molar-refractivity contribution in [2.75, 3.05) is 26.2 Å².